The van der Waals surface area contributed by atoms with E-state index in [1.807, 2.05) is 38.4 Å². The van der Waals surface area contributed by atoms with Crippen LogP contribution in [0.3, 0.4) is 0 Å². The molecule has 2 N–H and O–H groups in total. The molecule has 0 aliphatic carbocycles. The summed E-state index contributed by atoms with van der Waals surface area (Å²) in [5.74, 6) is 0.467. The lowest BCUT2D eigenvalue weighted by molar-refractivity contribution is 0.614. The lowest BCUT2D eigenvalue weighted by Crippen LogP contribution is -2.29. The molecule has 0 atom stereocenters. The predicted molar refractivity (Wildman–Crippen MR) is 71.8 cm³/mol. The molecule has 4 nitrogen and oxygen atoms in total. The maximum atomic E-state index is 5.71. The van der Waals surface area contributed by atoms with Crippen molar-refractivity contribution in [2.24, 2.45) is 10.7 Å². The molecule has 2 aromatic rings. The van der Waals surface area contributed by atoms with Crippen LogP contribution >= 0.6 is 23.7 Å². The van der Waals surface area contributed by atoms with Crippen molar-refractivity contribution in [1.29, 1.82) is 0 Å². The maximum Gasteiger partial charge on any atom is 0.213 e. The third-order valence-corrected chi connectivity index (χ3v) is 2.88. The van der Waals surface area contributed by atoms with Gasteiger partial charge in [-0.2, -0.15) is 4.99 Å². The third kappa shape index (κ3) is 2.62. The van der Waals surface area contributed by atoms with E-state index in [0.29, 0.717) is 11.1 Å². The molecule has 0 aliphatic rings. The van der Waals surface area contributed by atoms with Crippen molar-refractivity contribution < 1.29 is 0 Å². The van der Waals surface area contributed by atoms with Crippen LogP contribution in [0.4, 0.5) is 5.13 Å². The van der Waals surface area contributed by atoms with Gasteiger partial charge in [-0.3, -0.25) is 0 Å². The molecular formula is C10H13ClN4S. The second kappa shape index (κ2) is 5.14. The van der Waals surface area contributed by atoms with Gasteiger partial charge in [0.15, 0.2) is 5.96 Å². The number of fused-ring (bicyclic) bond motifs is 1. The van der Waals surface area contributed by atoms with E-state index in [9.17, 15) is 0 Å². The van der Waals surface area contributed by atoms with E-state index in [1.165, 1.54) is 11.3 Å². The van der Waals surface area contributed by atoms with Gasteiger partial charge in [0, 0.05) is 14.1 Å². The molecule has 2 rings (SSSR count). The molecule has 0 aliphatic heterocycles. The molecule has 16 heavy (non-hydrogen) atoms. The van der Waals surface area contributed by atoms with E-state index in [-0.39, 0.29) is 12.4 Å². The van der Waals surface area contributed by atoms with Gasteiger partial charge in [0.1, 0.15) is 0 Å². The predicted octanol–water partition coefficient (Wildman–Crippen LogP) is 2.23. The van der Waals surface area contributed by atoms with E-state index in [2.05, 4.69) is 9.98 Å². The van der Waals surface area contributed by atoms with Crippen LogP contribution in [0.5, 0.6) is 0 Å². The Morgan fingerprint density at radius 2 is 2.06 bits per heavy atom. The smallest absolute Gasteiger partial charge is 0.213 e. The Morgan fingerprint density at radius 1 is 1.38 bits per heavy atom. The molecule has 86 valence electrons. The highest BCUT2D eigenvalue weighted by Gasteiger charge is 2.02. The van der Waals surface area contributed by atoms with Gasteiger partial charge < -0.3 is 10.6 Å². The molecule has 0 unspecified atom stereocenters. The Balaban J connectivity index is 0.00000128. The summed E-state index contributed by atoms with van der Waals surface area (Å²) >= 11 is 1.54. The van der Waals surface area contributed by atoms with Gasteiger partial charge in [0.25, 0.3) is 0 Å². The van der Waals surface area contributed by atoms with Crippen LogP contribution in [0.15, 0.2) is 29.3 Å². The summed E-state index contributed by atoms with van der Waals surface area (Å²) < 4.78 is 1.13. The largest absolute Gasteiger partial charge is 0.369 e. The number of guanidine groups is 1. The Bertz CT molecular complexity index is 473. The van der Waals surface area contributed by atoms with Crippen molar-refractivity contribution >= 4 is 45.1 Å². The van der Waals surface area contributed by atoms with Gasteiger partial charge in [0.05, 0.1) is 10.2 Å². The molecule has 6 heteroatoms. The lowest BCUT2D eigenvalue weighted by Gasteiger charge is -2.08. The normalized spacial score (nSPS) is 11.2. The number of nitrogens with two attached hydrogens (primary N) is 1. The SMILES string of the molecule is CN(C)/C(N)=N\c1nc2ccccc2s1.Cl. The third-order valence-electron chi connectivity index (χ3n) is 1.95. The summed E-state index contributed by atoms with van der Waals surface area (Å²) in [6.45, 7) is 0. The molecular weight excluding hydrogens is 244 g/mol. The second-order valence-electron chi connectivity index (χ2n) is 3.33. The van der Waals surface area contributed by atoms with Crippen LogP contribution < -0.4 is 5.73 Å². The van der Waals surface area contributed by atoms with Crippen LogP contribution in [0.1, 0.15) is 0 Å². The molecule has 0 bridgehead atoms. The van der Waals surface area contributed by atoms with Crippen molar-refractivity contribution in [3.05, 3.63) is 24.3 Å². The van der Waals surface area contributed by atoms with Crippen molar-refractivity contribution in [3.63, 3.8) is 0 Å². The summed E-state index contributed by atoms with van der Waals surface area (Å²) in [6.07, 6.45) is 0. The zero-order valence-electron chi connectivity index (χ0n) is 9.04. The average Bonchev–Trinajstić information content (AvgIpc) is 2.59. The van der Waals surface area contributed by atoms with Gasteiger partial charge in [-0.15, -0.1) is 12.4 Å². The summed E-state index contributed by atoms with van der Waals surface area (Å²) in [6, 6.07) is 7.95. The number of hydrogen-bond acceptors (Lipinski definition) is 3. The number of hydrogen-bond donors (Lipinski definition) is 1. The van der Waals surface area contributed by atoms with Gasteiger partial charge in [-0.05, 0) is 12.1 Å². The molecule has 1 aromatic carbocycles. The quantitative estimate of drug-likeness (QED) is 0.629. The van der Waals surface area contributed by atoms with E-state index in [1.54, 1.807) is 4.90 Å². The first kappa shape index (κ1) is 12.7. The number of rotatable bonds is 1. The number of benzene rings is 1. The monoisotopic (exact) mass is 256 g/mol. The number of nitrogens with zero attached hydrogens (tertiary/aromatic N) is 3. The highest BCUT2D eigenvalue weighted by Crippen LogP contribution is 2.27. The number of halogens is 1. The molecule has 0 saturated carbocycles. The fourth-order valence-corrected chi connectivity index (χ4v) is 1.95. The summed E-state index contributed by atoms with van der Waals surface area (Å²) in [4.78, 5) is 10.3. The van der Waals surface area contributed by atoms with Gasteiger partial charge >= 0.3 is 0 Å². The fraction of sp³-hybridized carbons (Fsp3) is 0.200. The first-order valence-electron chi connectivity index (χ1n) is 4.54. The number of aliphatic imine (C=N–C) groups is 1. The zero-order chi connectivity index (χ0) is 10.8. The Morgan fingerprint density at radius 3 is 2.69 bits per heavy atom. The Hall–Kier alpha value is -1.33. The van der Waals surface area contributed by atoms with E-state index in [4.69, 9.17) is 5.73 Å². The molecule has 0 radical (unpaired) electrons. The van der Waals surface area contributed by atoms with Crippen molar-refractivity contribution in [3.8, 4) is 0 Å². The molecule has 1 heterocycles. The highest BCUT2D eigenvalue weighted by atomic mass is 35.5. The minimum Gasteiger partial charge on any atom is -0.369 e. The summed E-state index contributed by atoms with van der Waals surface area (Å²) in [5, 5.41) is 0.697. The first-order chi connectivity index (χ1) is 7.16. The number of aromatic nitrogens is 1. The van der Waals surface area contributed by atoms with E-state index in [0.717, 1.165) is 10.2 Å². The lowest BCUT2D eigenvalue weighted by atomic mass is 10.3. The number of para-hydroxylation sites is 1. The van der Waals surface area contributed by atoms with Gasteiger partial charge in [-0.1, -0.05) is 23.5 Å². The number of thiazole rings is 1. The summed E-state index contributed by atoms with van der Waals surface area (Å²) in [5.41, 5.74) is 6.68. The average molecular weight is 257 g/mol. The standard InChI is InChI=1S/C10H12N4S.ClH/c1-14(2)9(11)13-10-12-7-5-3-4-6-8(7)15-10;/h3-6H,1-2H3,(H2,11,12,13);1H. The van der Waals surface area contributed by atoms with Crippen LogP contribution in [0.25, 0.3) is 10.2 Å². The Labute approximate surface area is 104 Å². The molecule has 0 amide bonds. The minimum atomic E-state index is 0. The maximum absolute atomic E-state index is 5.71. The van der Waals surface area contributed by atoms with Crippen molar-refractivity contribution in [2.75, 3.05) is 14.1 Å². The highest BCUT2D eigenvalue weighted by molar-refractivity contribution is 7.22. The Kier molecular flexibility index (Phi) is 4.09. The molecule has 1 aromatic heterocycles. The van der Waals surface area contributed by atoms with Crippen LogP contribution in [-0.2, 0) is 0 Å². The minimum absolute atomic E-state index is 0. The van der Waals surface area contributed by atoms with Crippen LogP contribution in [0, 0.1) is 0 Å². The first-order valence-corrected chi connectivity index (χ1v) is 5.35. The summed E-state index contributed by atoms with van der Waals surface area (Å²) in [7, 11) is 3.71. The van der Waals surface area contributed by atoms with Crippen LogP contribution in [0.2, 0.25) is 0 Å². The fourth-order valence-electron chi connectivity index (χ4n) is 1.11. The van der Waals surface area contributed by atoms with Gasteiger partial charge in [-0.25, -0.2) is 4.98 Å². The van der Waals surface area contributed by atoms with E-state index < -0.39 is 0 Å². The van der Waals surface area contributed by atoms with Gasteiger partial charge in [0.2, 0.25) is 5.13 Å². The second-order valence-corrected chi connectivity index (χ2v) is 4.34. The van der Waals surface area contributed by atoms with Crippen molar-refractivity contribution in [1.82, 2.24) is 9.88 Å². The molecule has 0 saturated heterocycles. The zero-order valence-corrected chi connectivity index (χ0v) is 10.7. The van der Waals surface area contributed by atoms with E-state index >= 15 is 0 Å². The van der Waals surface area contributed by atoms with Crippen LogP contribution in [-0.4, -0.2) is 29.9 Å². The van der Waals surface area contributed by atoms with Crippen molar-refractivity contribution in [2.45, 2.75) is 0 Å². The molecule has 0 fully saturated rings. The topological polar surface area (TPSA) is 54.5 Å². The molecule has 0 spiro atoms.